The number of fused-ring (bicyclic) bond motifs is 2. The number of carbonyl (C=O) groups excluding carboxylic acids is 3. The Morgan fingerprint density at radius 2 is 1.72 bits per heavy atom. The Labute approximate surface area is 342 Å². The van der Waals surface area contributed by atoms with Crippen LogP contribution in [0.25, 0.3) is 33.4 Å². The molecule has 4 aliphatic rings. The molecule has 0 spiro atoms. The van der Waals surface area contributed by atoms with Crippen LogP contribution < -0.4 is 30.6 Å². The Balaban J connectivity index is 1.36. The SMILES string of the molecule is CCC[C@@H]1C[C@@H](C(=O)N[C@@H](C2O[C@H](SC)[C@H](O)[C@@H](O)[C@H]2O)[C@@H](C)NC(=O)c2ccc(-c3c4ccc(=[N+](C)C)cc-4oc4cc(N(C)C)ccc34)c(C(=O)[O-])c2)N(C)C1. The summed E-state index contributed by atoms with van der Waals surface area (Å²) in [4.78, 5) is 44.8. The van der Waals surface area contributed by atoms with Crippen LogP contribution in [0.15, 0.2) is 59.0 Å². The Morgan fingerprint density at radius 1 is 1.00 bits per heavy atom. The minimum Gasteiger partial charge on any atom is -0.545 e. The predicted octanol–water partition coefficient (Wildman–Crippen LogP) is 1.56. The quantitative estimate of drug-likeness (QED) is 0.103. The number of likely N-dealkylation sites (tertiary alicyclic amines) is 1. The molecule has 58 heavy (non-hydrogen) atoms. The van der Waals surface area contributed by atoms with Gasteiger partial charge in [-0.25, -0.2) is 4.58 Å². The number of carbonyl (C=O) groups is 3. The number of nitrogens with one attached hydrogen (secondary N) is 2. The molecule has 0 radical (unpaired) electrons. The lowest BCUT2D eigenvalue weighted by Gasteiger charge is -2.45. The summed E-state index contributed by atoms with van der Waals surface area (Å²) in [6.45, 7) is 4.48. The average Bonchev–Trinajstić information content (AvgIpc) is 3.57. The first-order valence-electron chi connectivity index (χ1n) is 19.6. The third-order valence-electron chi connectivity index (χ3n) is 11.5. The number of nitrogens with zero attached hydrogens (tertiary/aromatic N) is 3. The van der Waals surface area contributed by atoms with Crippen LogP contribution >= 0.6 is 11.8 Å². The number of hydrogen-bond acceptors (Lipinski definition) is 12. The van der Waals surface area contributed by atoms with Crippen LogP contribution in [0.1, 0.15) is 53.8 Å². The molecule has 0 aromatic heterocycles. The van der Waals surface area contributed by atoms with Crippen molar-refractivity contribution in [2.75, 3.05) is 52.9 Å². The molecule has 1 aliphatic carbocycles. The van der Waals surface area contributed by atoms with Crippen molar-refractivity contribution in [3.63, 3.8) is 0 Å². The molecular weight excluding hydrogens is 763 g/mol. The number of carboxylic acid groups (broad SMARTS) is 1. The van der Waals surface area contributed by atoms with Gasteiger partial charge in [0.15, 0.2) is 0 Å². The standard InChI is InChI=1S/C43H55N5O9S/c1-9-10-23-17-31(48(7)21-23)41(53)45-35(39-37(50)36(49)38(51)43(57-39)58-8)22(2)44-40(52)24-11-14-27(30(18-24)42(54)55)34-28-15-12-25(46(3)4)19-32(28)56-33-20-26(47(5)6)13-16-29(33)34/h11-16,18-20,22-23,31,35-39,43,49-51H,9-10,17,21H2,1-8H3,(H2-,44,45,52,53,54,55)/t22-,23-,31+,35-,36+,37-,38-,39?,43-/m1/s1. The largest absolute Gasteiger partial charge is 0.545 e. The van der Waals surface area contributed by atoms with Crippen molar-refractivity contribution in [3.05, 3.63) is 71.1 Å². The fraction of sp³-hybridized carbons (Fsp3) is 0.488. The van der Waals surface area contributed by atoms with Crippen molar-refractivity contribution in [2.24, 2.45) is 5.92 Å². The number of aliphatic hydroxyl groups is 3. The zero-order valence-corrected chi connectivity index (χ0v) is 35.1. The van der Waals surface area contributed by atoms with Gasteiger partial charge in [-0.05, 0) is 74.9 Å². The maximum atomic E-state index is 14.1. The van der Waals surface area contributed by atoms with Crippen molar-refractivity contribution in [1.82, 2.24) is 20.1 Å². The van der Waals surface area contributed by atoms with E-state index in [0.29, 0.717) is 45.8 Å². The van der Waals surface area contributed by atoms with Gasteiger partial charge in [-0.15, -0.1) is 11.8 Å². The van der Waals surface area contributed by atoms with E-state index in [-0.39, 0.29) is 17.0 Å². The molecular formula is C43H55N5O9S. The van der Waals surface area contributed by atoms with Gasteiger partial charge in [-0.3, -0.25) is 14.5 Å². The molecule has 14 nitrogen and oxygen atoms in total. The summed E-state index contributed by atoms with van der Waals surface area (Å²) in [5.74, 6) is -1.59. The number of ether oxygens (including phenoxy) is 1. The molecule has 6 rings (SSSR count). The summed E-state index contributed by atoms with van der Waals surface area (Å²) in [5, 5.41) is 53.0. The lowest BCUT2D eigenvalue weighted by molar-refractivity contribution is -0.254. The molecule has 1 unspecified atom stereocenters. The minimum absolute atomic E-state index is 0.0133. The Hall–Kier alpha value is -4.51. The van der Waals surface area contributed by atoms with Crippen molar-refractivity contribution >= 4 is 46.2 Å². The maximum Gasteiger partial charge on any atom is 0.251 e. The molecule has 2 aromatic carbocycles. The first-order valence-corrected chi connectivity index (χ1v) is 20.9. The van der Waals surface area contributed by atoms with Gasteiger partial charge >= 0.3 is 0 Å². The number of hydrogen-bond donors (Lipinski definition) is 5. The number of thioether (sulfide) groups is 1. The number of likely N-dealkylation sites (N-methyl/N-ethyl adjacent to an activating group) is 1. The zero-order valence-electron chi connectivity index (χ0n) is 34.3. The number of amides is 2. The number of carboxylic acids is 1. The van der Waals surface area contributed by atoms with Gasteiger partial charge < -0.3 is 49.9 Å². The summed E-state index contributed by atoms with van der Waals surface area (Å²) in [7, 11) is 9.54. The maximum absolute atomic E-state index is 14.1. The molecule has 15 heteroatoms. The molecule has 9 atom stereocenters. The first-order chi connectivity index (χ1) is 27.5. The van der Waals surface area contributed by atoms with E-state index in [9.17, 15) is 34.8 Å². The normalized spacial score (nSPS) is 24.7. The Morgan fingerprint density at radius 3 is 2.38 bits per heavy atom. The molecule has 0 saturated carbocycles. The second-order valence-corrected chi connectivity index (χ2v) is 16.9. The van der Waals surface area contributed by atoms with Crippen LogP contribution in [0.4, 0.5) is 5.69 Å². The topological polar surface area (TPSA) is 191 Å². The van der Waals surface area contributed by atoms with Gasteiger partial charge in [0, 0.05) is 72.1 Å². The fourth-order valence-electron chi connectivity index (χ4n) is 8.31. The van der Waals surface area contributed by atoms with Crippen molar-refractivity contribution in [2.45, 2.75) is 81.1 Å². The molecule has 3 heterocycles. The smallest absolute Gasteiger partial charge is 0.251 e. The first kappa shape index (κ1) is 43.1. The van der Waals surface area contributed by atoms with E-state index in [0.717, 1.165) is 42.2 Å². The third kappa shape index (κ3) is 8.61. The van der Waals surface area contributed by atoms with Gasteiger partial charge in [0.1, 0.15) is 55.3 Å². The monoisotopic (exact) mass is 817 g/mol. The number of aromatic carboxylic acids is 1. The predicted molar refractivity (Wildman–Crippen MR) is 223 cm³/mol. The average molecular weight is 818 g/mol. The lowest BCUT2D eigenvalue weighted by Crippen LogP contribution is -2.67. The number of rotatable bonds is 12. The van der Waals surface area contributed by atoms with Gasteiger partial charge in [-0.1, -0.05) is 19.4 Å². The molecule has 2 amide bonds. The van der Waals surface area contributed by atoms with E-state index in [2.05, 4.69) is 17.6 Å². The number of aliphatic hydroxyl groups excluding tert-OH is 3. The minimum atomic E-state index is -1.61. The van der Waals surface area contributed by atoms with E-state index in [1.165, 1.54) is 12.1 Å². The van der Waals surface area contributed by atoms with E-state index in [1.807, 2.05) is 86.0 Å². The molecule has 2 aromatic rings. The number of benzene rings is 3. The summed E-state index contributed by atoms with van der Waals surface area (Å²) in [5.41, 5.74) is 1.89. The van der Waals surface area contributed by atoms with E-state index in [1.54, 1.807) is 19.2 Å². The highest BCUT2D eigenvalue weighted by Crippen LogP contribution is 2.42. The van der Waals surface area contributed by atoms with Gasteiger partial charge in [0.05, 0.1) is 24.1 Å². The van der Waals surface area contributed by atoms with Crippen LogP contribution in [-0.2, 0) is 9.53 Å². The highest BCUT2D eigenvalue weighted by molar-refractivity contribution is 7.99. The second kappa shape index (κ2) is 17.8. The fourth-order valence-corrected chi connectivity index (χ4v) is 8.99. The van der Waals surface area contributed by atoms with E-state index < -0.39 is 59.9 Å². The Bertz CT molecular complexity index is 2200. The zero-order chi connectivity index (χ0) is 42.2. The van der Waals surface area contributed by atoms with Crippen molar-refractivity contribution in [3.8, 4) is 22.5 Å². The number of anilines is 1. The van der Waals surface area contributed by atoms with Gasteiger partial charge in [0.25, 0.3) is 5.91 Å². The summed E-state index contributed by atoms with van der Waals surface area (Å²) >= 11 is 1.14. The lowest BCUT2D eigenvalue weighted by atomic mass is 9.89. The highest BCUT2D eigenvalue weighted by Gasteiger charge is 2.49. The van der Waals surface area contributed by atoms with Crippen molar-refractivity contribution < 1.29 is 44.0 Å². The molecule has 3 aliphatic heterocycles. The summed E-state index contributed by atoms with van der Waals surface area (Å²) < 4.78 is 14.5. The molecule has 2 saturated heterocycles. The third-order valence-corrected chi connectivity index (χ3v) is 12.4. The van der Waals surface area contributed by atoms with Crippen LogP contribution in [0.2, 0.25) is 0 Å². The highest BCUT2D eigenvalue weighted by atomic mass is 32.2. The molecule has 2 fully saturated rings. The van der Waals surface area contributed by atoms with Crippen LogP contribution in [0.3, 0.4) is 0 Å². The molecule has 312 valence electrons. The van der Waals surface area contributed by atoms with Crippen LogP contribution in [0.5, 0.6) is 0 Å². The van der Waals surface area contributed by atoms with Crippen molar-refractivity contribution in [1.29, 1.82) is 0 Å². The van der Waals surface area contributed by atoms with Crippen LogP contribution in [-0.4, -0.2) is 134 Å². The van der Waals surface area contributed by atoms with E-state index >= 15 is 0 Å². The summed E-state index contributed by atoms with van der Waals surface area (Å²) in [6, 6.07) is 13.3. The van der Waals surface area contributed by atoms with Gasteiger partial charge in [-0.2, -0.15) is 0 Å². The second-order valence-electron chi connectivity index (χ2n) is 16.0. The molecule has 5 N–H and O–H groups in total. The van der Waals surface area contributed by atoms with E-state index in [4.69, 9.17) is 9.15 Å². The molecule has 0 bridgehead atoms. The van der Waals surface area contributed by atoms with Crippen LogP contribution in [0, 0.1) is 5.92 Å². The van der Waals surface area contributed by atoms with Gasteiger partial charge in [0.2, 0.25) is 11.3 Å². The Kier molecular flexibility index (Phi) is 13.2. The summed E-state index contributed by atoms with van der Waals surface area (Å²) in [6.07, 6.45) is -1.52.